The fourth-order valence-electron chi connectivity index (χ4n) is 4.07. The lowest BCUT2D eigenvalue weighted by atomic mass is 9.94. The normalized spacial score (nSPS) is 16.2. The van der Waals surface area contributed by atoms with Crippen molar-refractivity contribution < 1.29 is 4.39 Å². The zero-order valence-electron chi connectivity index (χ0n) is 17.9. The van der Waals surface area contributed by atoms with Crippen LogP contribution in [0.2, 0.25) is 0 Å². The number of pyridine rings is 1. The molecule has 5 nitrogen and oxygen atoms in total. The minimum absolute atomic E-state index is 0.214. The number of benzene rings is 1. The average Bonchev–Trinajstić information content (AvgIpc) is 3.22. The molecule has 158 valence electrons. The molecule has 31 heavy (non-hydrogen) atoms. The van der Waals surface area contributed by atoms with Gasteiger partial charge in [0.25, 0.3) is 0 Å². The van der Waals surface area contributed by atoms with Crippen molar-refractivity contribution >= 4 is 16.8 Å². The van der Waals surface area contributed by atoms with Crippen molar-refractivity contribution in [3.8, 4) is 17.2 Å². The van der Waals surface area contributed by atoms with E-state index in [0.29, 0.717) is 13.1 Å². The highest BCUT2D eigenvalue weighted by Gasteiger charge is 2.35. The first kappa shape index (κ1) is 20.7. The lowest BCUT2D eigenvalue weighted by molar-refractivity contribution is 0.193. The maximum atomic E-state index is 14.4. The van der Waals surface area contributed by atoms with Crippen molar-refractivity contribution in [2.24, 2.45) is 0 Å². The molecule has 1 aromatic carbocycles. The van der Waals surface area contributed by atoms with Gasteiger partial charge >= 0.3 is 0 Å². The molecule has 0 bridgehead atoms. The Morgan fingerprint density at radius 2 is 1.94 bits per heavy atom. The highest BCUT2D eigenvalue weighted by atomic mass is 19.1. The van der Waals surface area contributed by atoms with Crippen LogP contribution >= 0.6 is 0 Å². The first-order valence-electron chi connectivity index (χ1n) is 10.4. The van der Waals surface area contributed by atoms with Crippen LogP contribution in [0.15, 0.2) is 67.6 Å². The summed E-state index contributed by atoms with van der Waals surface area (Å²) in [6.07, 6.45) is 8.11. The molecule has 0 saturated carbocycles. The van der Waals surface area contributed by atoms with Gasteiger partial charge in [-0.25, -0.2) is 8.91 Å². The molecule has 0 aliphatic carbocycles. The lowest BCUT2D eigenvalue weighted by Crippen LogP contribution is -2.41. The number of hydrogen-bond donors (Lipinski definition) is 0. The second-order valence-corrected chi connectivity index (χ2v) is 8.14. The van der Waals surface area contributed by atoms with Gasteiger partial charge in [0.15, 0.2) is 5.67 Å². The molecule has 0 amide bonds. The quantitative estimate of drug-likeness (QED) is 0.555. The van der Waals surface area contributed by atoms with Crippen LogP contribution in [0, 0.1) is 11.3 Å². The van der Waals surface area contributed by atoms with Crippen LogP contribution in [0.5, 0.6) is 0 Å². The van der Waals surface area contributed by atoms with Crippen LogP contribution in [0.4, 0.5) is 10.1 Å². The Labute approximate surface area is 182 Å². The third-order valence-corrected chi connectivity index (χ3v) is 5.76. The van der Waals surface area contributed by atoms with E-state index in [1.807, 2.05) is 66.4 Å². The molecule has 3 heterocycles. The van der Waals surface area contributed by atoms with Crippen molar-refractivity contribution in [1.82, 2.24) is 14.5 Å². The molecule has 1 saturated heterocycles. The van der Waals surface area contributed by atoms with Gasteiger partial charge in [0.1, 0.15) is 6.07 Å². The van der Waals surface area contributed by atoms with E-state index in [9.17, 15) is 4.39 Å². The number of nitrogens with zero attached hydrogens (tertiary/aromatic N) is 5. The monoisotopic (exact) mass is 415 g/mol. The maximum Gasteiger partial charge on any atom is 0.199 e. The van der Waals surface area contributed by atoms with Crippen molar-refractivity contribution in [3.05, 3.63) is 73.2 Å². The minimum Gasteiger partial charge on any atom is -0.383 e. The van der Waals surface area contributed by atoms with E-state index in [2.05, 4.69) is 40.8 Å². The Bertz CT molecular complexity index is 1160. The third-order valence-electron chi connectivity index (χ3n) is 5.76. The average molecular weight is 416 g/mol. The number of anilines is 1. The summed E-state index contributed by atoms with van der Waals surface area (Å²) in [4.78, 5) is 4.15. The van der Waals surface area contributed by atoms with Crippen molar-refractivity contribution in [3.63, 3.8) is 0 Å². The van der Waals surface area contributed by atoms with Crippen LogP contribution in [0.3, 0.4) is 0 Å². The Morgan fingerprint density at radius 3 is 2.55 bits per heavy atom. The molecule has 1 fully saturated rings. The number of alkyl halides is 1. The van der Waals surface area contributed by atoms with Gasteiger partial charge in [-0.3, -0.25) is 0 Å². The summed E-state index contributed by atoms with van der Waals surface area (Å²) < 4.78 is 16.2. The maximum absolute atomic E-state index is 14.4. The lowest BCUT2D eigenvalue weighted by Gasteiger charge is -2.34. The van der Waals surface area contributed by atoms with Gasteiger partial charge in [-0.15, -0.1) is 0 Å². The molecular weight excluding hydrogens is 389 g/mol. The summed E-state index contributed by atoms with van der Waals surface area (Å²) in [5, 5.41) is 13.6. The summed E-state index contributed by atoms with van der Waals surface area (Å²) in [6, 6.07) is 14.2. The van der Waals surface area contributed by atoms with Crippen LogP contribution in [-0.4, -0.2) is 47.4 Å². The summed E-state index contributed by atoms with van der Waals surface area (Å²) in [5.74, 6) is 0. The van der Waals surface area contributed by atoms with Gasteiger partial charge in [-0.05, 0) is 28.8 Å². The second kappa shape index (κ2) is 8.27. The van der Waals surface area contributed by atoms with E-state index in [-0.39, 0.29) is 12.8 Å². The molecular formula is C25H26FN5. The van der Waals surface area contributed by atoms with Gasteiger partial charge in [0.2, 0.25) is 0 Å². The molecule has 2 aromatic heterocycles. The van der Waals surface area contributed by atoms with Crippen LogP contribution in [-0.2, 0) is 0 Å². The predicted octanol–water partition coefficient (Wildman–Crippen LogP) is 4.92. The summed E-state index contributed by atoms with van der Waals surface area (Å²) >= 11 is 0. The standard InChI is InChI=1S/C25H26FN5/c1-4-19(17-29(2)3)20-7-9-21(10-8-20)22-16-28-31-13-5-6-23(24(22)31)30-14-11-25(26,18-27)12-15-30/h4-10,13,16-17H,1,11-12,14-15H2,2-3H3/b19-17+. The third kappa shape index (κ3) is 4.04. The Hall–Kier alpha value is -3.59. The van der Waals surface area contributed by atoms with Gasteiger partial charge < -0.3 is 9.80 Å². The van der Waals surface area contributed by atoms with E-state index in [4.69, 9.17) is 5.26 Å². The second-order valence-electron chi connectivity index (χ2n) is 8.14. The summed E-state index contributed by atoms with van der Waals surface area (Å²) in [7, 11) is 3.98. The highest BCUT2D eigenvalue weighted by Crippen LogP contribution is 2.35. The first-order valence-corrected chi connectivity index (χ1v) is 10.4. The number of fused-ring (bicyclic) bond motifs is 1. The SMILES string of the molecule is C=C/C(=C\N(C)C)c1ccc(-c2cnn3cccc(N4CCC(F)(C#N)CC4)c23)cc1. The van der Waals surface area contributed by atoms with Gasteiger partial charge in [-0.2, -0.15) is 10.4 Å². The van der Waals surface area contributed by atoms with Gasteiger partial charge in [0, 0.05) is 58.0 Å². The molecule has 3 aromatic rings. The number of hydrogen-bond acceptors (Lipinski definition) is 4. The molecule has 0 atom stereocenters. The molecule has 6 heteroatoms. The number of nitriles is 1. The Morgan fingerprint density at radius 1 is 1.23 bits per heavy atom. The van der Waals surface area contributed by atoms with Crippen molar-refractivity contribution in [2.45, 2.75) is 18.5 Å². The molecule has 0 spiro atoms. The van der Waals surface area contributed by atoms with E-state index in [1.165, 1.54) is 0 Å². The first-order chi connectivity index (χ1) is 14.9. The summed E-state index contributed by atoms with van der Waals surface area (Å²) in [5.41, 5.74) is 4.52. The fourth-order valence-corrected chi connectivity index (χ4v) is 4.07. The number of piperidine rings is 1. The Balaban J connectivity index is 1.70. The highest BCUT2D eigenvalue weighted by molar-refractivity contribution is 5.90. The minimum atomic E-state index is -1.72. The molecule has 0 radical (unpaired) electrons. The largest absolute Gasteiger partial charge is 0.383 e. The number of rotatable bonds is 5. The number of aromatic nitrogens is 2. The van der Waals surface area contributed by atoms with E-state index in [0.717, 1.165) is 33.5 Å². The molecule has 1 aliphatic heterocycles. The van der Waals surface area contributed by atoms with E-state index < -0.39 is 5.67 Å². The van der Waals surface area contributed by atoms with E-state index in [1.54, 1.807) is 0 Å². The van der Waals surface area contributed by atoms with Gasteiger partial charge in [-0.1, -0.05) is 36.9 Å². The molecule has 4 rings (SSSR count). The molecule has 0 N–H and O–H groups in total. The van der Waals surface area contributed by atoms with Gasteiger partial charge in [0.05, 0.1) is 17.4 Å². The smallest absolute Gasteiger partial charge is 0.199 e. The Kier molecular flexibility index (Phi) is 5.51. The predicted molar refractivity (Wildman–Crippen MR) is 123 cm³/mol. The van der Waals surface area contributed by atoms with E-state index >= 15 is 0 Å². The topological polar surface area (TPSA) is 47.6 Å². The van der Waals surface area contributed by atoms with Crippen LogP contribution in [0.25, 0.3) is 22.2 Å². The molecule has 0 unspecified atom stereocenters. The zero-order valence-corrected chi connectivity index (χ0v) is 17.9. The number of halogens is 1. The van der Waals surface area contributed by atoms with Crippen LogP contribution < -0.4 is 4.90 Å². The van der Waals surface area contributed by atoms with Crippen molar-refractivity contribution in [2.75, 3.05) is 32.1 Å². The fraction of sp³-hybridized carbons (Fsp3) is 0.280. The zero-order chi connectivity index (χ0) is 22.0. The summed E-state index contributed by atoms with van der Waals surface area (Å²) in [6.45, 7) is 4.93. The van der Waals surface area contributed by atoms with Crippen LogP contribution in [0.1, 0.15) is 18.4 Å². The molecule has 1 aliphatic rings. The number of allylic oxidation sites excluding steroid dienone is 2. The van der Waals surface area contributed by atoms with Crippen molar-refractivity contribution in [1.29, 1.82) is 5.26 Å².